The number of hydrogen-bond acceptors (Lipinski definition) is 3. The standard InChI is InChI=1S/C18H30FN5.HI/c1-15-5-6-16(13-17(15)19)14-22-18(20-2)21-7-10-24-9-4-8-23(3)11-12-24;/h5-6,13H,4,7-12,14H2,1-3H3,(H2,20,21,22);1H. The highest BCUT2D eigenvalue weighted by Gasteiger charge is 2.11. The number of aliphatic imine (C=N–C) groups is 1. The van der Waals surface area contributed by atoms with Crippen LogP contribution in [0.3, 0.4) is 0 Å². The molecule has 0 radical (unpaired) electrons. The Bertz CT molecular complexity index is 552. The number of likely N-dealkylation sites (N-methyl/N-ethyl adjacent to an activating group) is 1. The van der Waals surface area contributed by atoms with Crippen LogP contribution in [0.2, 0.25) is 0 Å². The zero-order valence-electron chi connectivity index (χ0n) is 15.5. The topological polar surface area (TPSA) is 42.9 Å². The van der Waals surface area contributed by atoms with Crippen LogP contribution in [0, 0.1) is 12.7 Å². The second kappa shape index (κ2) is 11.6. The highest BCUT2D eigenvalue weighted by molar-refractivity contribution is 14.0. The molecule has 1 aliphatic heterocycles. The van der Waals surface area contributed by atoms with Crippen LogP contribution in [-0.4, -0.2) is 69.1 Å². The fourth-order valence-electron chi connectivity index (χ4n) is 2.81. The number of guanidine groups is 1. The Hall–Kier alpha value is -0.930. The SMILES string of the molecule is CN=C(NCCN1CCCN(C)CC1)NCc1ccc(C)c(F)c1.I. The van der Waals surface area contributed by atoms with Crippen molar-refractivity contribution < 1.29 is 4.39 Å². The van der Waals surface area contributed by atoms with Gasteiger partial charge in [-0.25, -0.2) is 4.39 Å². The van der Waals surface area contributed by atoms with Gasteiger partial charge in [-0.3, -0.25) is 4.99 Å². The molecule has 1 heterocycles. The number of benzene rings is 1. The van der Waals surface area contributed by atoms with Gasteiger partial charge in [-0.05, 0) is 50.7 Å². The number of hydrogen-bond donors (Lipinski definition) is 2. The van der Waals surface area contributed by atoms with E-state index in [1.807, 2.05) is 6.07 Å². The van der Waals surface area contributed by atoms with E-state index in [0.717, 1.165) is 44.2 Å². The van der Waals surface area contributed by atoms with Crippen LogP contribution in [0.4, 0.5) is 4.39 Å². The molecular weight excluding hydrogens is 432 g/mol. The summed E-state index contributed by atoms with van der Waals surface area (Å²) in [4.78, 5) is 9.10. The monoisotopic (exact) mass is 463 g/mol. The van der Waals surface area contributed by atoms with Gasteiger partial charge in [-0.1, -0.05) is 12.1 Å². The van der Waals surface area contributed by atoms with Crippen LogP contribution < -0.4 is 10.6 Å². The fourth-order valence-corrected chi connectivity index (χ4v) is 2.81. The number of halogens is 2. The number of nitrogens with zero attached hydrogens (tertiary/aromatic N) is 3. The highest BCUT2D eigenvalue weighted by atomic mass is 127. The van der Waals surface area contributed by atoms with Gasteiger partial charge in [0.25, 0.3) is 0 Å². The predicted octanol–water partition coefficient (Wildman–Crippen LogP) is 2.05. The highest BCUT2D eigenvalue weighted by Crippen LogP contribution is 2.08. The average Bonchev–Trinajstić information content (AvgIpc) is 2.78. The number of rotatable bonds is 5. The first-order valence-corrected chi connectivity index (χ1v) is 8.69. The van der Waals surface area contributed by atoms with Gasteiger partial charge in [-0.15, -0.1) is 24.0 Å². The van der Waals surface area contributed by atoms with Crippen molar-refractivity contribution in [2.24, 2.45) is 4.99 Å². The molecule has 1 saturated heterocycles. The Morgan fingerprint density at radius 1 is 1.20 bits per heavy atom. The van der Waals surface area contributed by atoms with Crippen LogP contribution in [0.25, 0.3) is 0 Å². The molecular formula is C18H31FIN5. The summed E-state index contributed by atoms with van der Waals surface area (Å²) in [6.07, 6.45) is 1.22. The molecule has 1 aromatic rings. The molecule has 0 saturated carbocycles. The summed E-state index contributed by atoms with van der Waals surface area (Å²) in [5, 5.41) is 6.57. The molecule has 0 aromatic heterocycles. The number of aryl methyl sites for hydroxylation is 1. The van der Waals surface area contributed by atoms with Crippen LogP contribution >= 0.6 is 24.0 Å². The minimum atomic E-state index is -0.164. The normalized spacial score (nSPS) is 16.9. The van der Waals surface area contributed by atoms with Gasteiger partial charge in [0.2, 0.25) is 0 Å². The van der Waals surface area contributed by atoms with E-state index < -0.39 is 0 Å². The summed E-state index contributed by atoms with van der Waals surface area (Å²) in [5.41, 5.74) is 1.58. The van der Waals surface area contributed by atoms with Gasteiger partial charge in [0.1, 0.15) is 5.82 Å². The smallest absolute Gasteiger partial charge is 0.191 e. The van der Waals surface area contributed by atoms with Crippen LogP contribution in [-0.2, 0) is 6.54 Å². The first-order chi connectivity index (χ1) is 11.6. The summed E-state index contributed by atoms with van der Waals surface area (Å²) in [7, 11) is 3.94. The molecule has 0 bridgehead atoms. The first-order valence-electron chi connectivity index (χ1n) is 8.69. The fraction of sp³-hybridized carbons (Fsp3) is 0.611. The lowest BCUT2D eigenvalue weighted by atomic mass is 10.1. The molecule has 0 amide bonds. The van der Waals surface area contributed by atoms with Gasteiger partial charge >= 0.3 is 0 Å². The minimum Gasteiger partial charge on any atom is -0.355 e. The van der Waals surface area contributed by atoms with Crippen molar-refractivity contribution in [3.63, 3.8) is 0 Å². The van der Waals surface area contributed by atoms with Crippen molar-refractivity contribution in [1.29, 1.82) is 0 Å². The third-order valence-electron chi connectivity index (χ3n) is 4.45. The second-order valence-corrected chi connectivity index (χ2v) is 6.43. The maximum atomic E-state index is 13.6. The molecule has 1 aliphatic rings. The van der Waals surface area contributed by atoms with Crippen molar-refractivity contribution in [3.05, 3.63) is 35.1 Å². The van der Waals surface area contributed by atoms with Crippen LogP contribution in [0.15, 0.2) is 23.2 Å². The Balaban J connectivity index is 0.00000312. The lowest BCUT2D eigenvalue weighted by Crippen LogP contribution is -2.42. The zero-order chi connectivity index (χ0) is 17.4. The van der Waals surface area contributed by atoms with Crippen molar-refractivity contribution in [3.8, 4) is 0 Å². The summed E-state index contributed by atoms with van der Waals surface area (Å²) in [5.74, 6) is 0.589. The van der Waals surface area contributed by atoms with E-state index in [0.29, 0.717) is 12.1 Å². The molecule has 2 rings (SSSR count). The molecule has 0 atom stereocenters. The maximum absolute atomic E-state index is 13.6. The summed E-state index contributed by atoms with van der Waals surface area (Å²) >= 11 is 0. The van der Waals surface area contributed by atoms with Crippen LogP contribution in [0.1, 0.15) is 17.5 Å². The third kappa shape index (κ3) is 7.87. The molecule has 142 valence electrons. The molecule has 25 heavy (non-hydrogen) atoms. The van der Waals surface area contributed by atoms with Crippen LogP contribution in [0.5, 0.6) is 0 Å². The predicted molar refractivity (Wildman–Crippen MR) is 113 cm³/mol. The molecule has 0 aliphatic carbocycles. The second-order valence-electron chi connectivity index (χ2n) is 6.43. The van der Waals surface area contributed by atoms with Crippen molar-refractivity contribution in [2.75, 3.05) is 53.4 Å². The Morgan fingerprint density at radius 3 is 2.72 bits per heavy atom. The summed E-state index contributed by atoms with van der Waals surface area (Å²) in [6, 6.07) is 5.31. The van der Waals surface area contributed by atoms with Gasteiger partial charge < -0.3 is 20.4 Å². The number of nitrogens with one attached hydrogen (secondary N) is 2. The van der Waals surface area contributed by atoms with E-state index in [1.54, 1.807) is 26.1 Å². The quantitative estimate of drug-likeness (QED) is 0.399. The van der Waals surface area contributed by atoms with Gasteiger partial charge in [0, 0.05) is 39.8 Å². The molecule has 1 aromatic carbocycles. The first kappa shape index (κ1) is 22.1. The van der Waals surface area contributed by atoms with E-state index >= 15 is 0 Å². The lowest BCUT2D eigenvalue weighted by Gasteiger charge is -2.21. The Morgan fingerprint density at radius 2 is 2.00 bits per heavy atom. The average molecular weight is 463 g/mol. The van der Waals surface area contributed by atoms with Gasteiger partial charge in [-0.2, -0.15) is 0 Å². The molecule has 7 heteroatoms. The molecule has 2 N–H and O–H groups in total. The molecule has 1 fully saturated rings. The molecule has 0 unspecified atom stereocenters. The summed E-state index contributed by atoms with van der Waals surface area (Å²) in [6.45, 7) is 8.78. The zero-order valence-corrected chi connectivity index (χ0v) is 17.8. The van der Waals surface area contributed by atoms with Crippen molar-refractivity contribution >= 4 is 29.9 Å². The van der Waals surface area contributed by atoms with E-state index in [2.05, 4.69) is 32.5 Å². The lowest BCUT2D eigenvalue weighted by molar-refractivity contribution is 0.280. The molecule has 0 spiro atoms. The van der Waals surface area contributed by atoms with Crippen molar-refractivity contribution in [1.82, 2.24) is 20.4 Å². The van der Waals surface area contributed by atoms with E-state index in [-0.39, 0.29) is 29.8 Å². The van der Waals surface area contributed by atoms with Crippen molar-refractivity contribution in [2.45, 2.75) is 19.9 Å². The summed E-state index contributed by atoms with van der Waals surface area (Å²) < 4.78 is 13.6. The maximum Gasteiger partial charge on any atom is 0.191 e. The Labute approximate surface area is 168 Å². The largest absolute Gasteiger partial charge is 0.355 e. The molecule has 5 nitrogen and oxygen atoms in total. The minimum absolute atomic E-state index is 0. The van der Waals surface area contributed by atoms with E-state index in [9.17, 15) is 4.39 Å². The Kier molecular flexibility index (Phi) is 10.3. The van der Waals surface area contributed by atoms with Gasteiger partial charge in [0.15, 0.2) is 5.96 Å². The van der Waals surface area contributed by atoms with Gasteiger partial charge in [0.05, 0.1) is 0 Å². The van der Waals surface area contributed by atoms with E-state index in [4.69, 9.17) is 0 Å². The van der Waals surface area contributed by atoms with E-state index in [1.165, 1.54) is 13.0 Å². The third-order valence-corrected chi connectivity index (χ3v) is 4.45.